The van der Waals surface area contributed by atoms with E-state index in [1.54, 1.807) is 30.3 Å². The molecule has 1 heterocycles. The first-order valence-corrected chi connectivity index (χ1v) is 10.0. The van der Waals surface area contributed by atoms with Gasteiger partial charge in [0.15, 0.2) is 6.61 Å². The van der Waals surface area contributed by atoms with Crippen LogP contribution in [0, 0.1) is 0 Å². The van der Waals surface area contributed by atoms with E-state index in [9.17, 15) is 9.59 Å². The van der Waals surface area contributed by atoms with Gasteiger partial charge in [0.2, 0.25) is 5.91 Å². The van der Waals surface area contributed by atoms with Gasteiger partial charge in [-0.25, -0.2) is 0 Å². The van der Waals surface area contributed by atoms with Crippen molar-refractivity contribution in [1.29, 1.82) is 0 Å². The van der Waals surface area contributed by atoms with Crippen LogP contribution in [0.4, 0.5) is 0 Å². The molecule has 6 nitrogen and oxygen atoms in total. The van der Waals surface area contributed by atoms with Gasteiger partial charge in [0.1, 0.15) is 12.3 Å². The highest BCUT2D eigenvalue weighted by atomic mass is 35.5. The molecule has 1 aliphatic rings. The molecule has 0 N–H and O–H groups in total. The van der Waals surface area contributed by atoms with Crippen LogP contribution in [0.1, 0.15) is 18.5 Å². The molecule has 0 unspecified atom stereocenters. The number of benzene rings is 1. The van der Waals surface area contributed by atoms with E-state index in [1.165, 1.54) is 4.90 Å². The van der Waals surface area contributed by atoms with Crippen LogP contribution in [0.25, 0.3) is 0 Å². The molecular weight excluding hydrogens is 390 g/mol. The first-order chi connectivity index (χ1) is 14.0. The monoisotopic (exact) mass is 415 g/mol. The zero-order valence-corrected chi connectivity index (χ0v) is 17.3. The van der Waals surface area contributed by atoms with E-state index in [4.69, 9.17) is 16.3 Å². The fraction of sp³-hybridized carbons (Fsp3) is 0.364. The van der Waals surface area contributed by atoms with Gasteiger partial charge < -0.3 is 19.1 Å². The molecule has 1 aromatic heterocycles. The lowest BCUT2D eigenvalue weighted by atomic mass is 10.3. The third kappa shape index (κ3) is 5.87. The highest BCUT2D eigenvalue weighted by Crippen LogP contribution is 2.28. The number of halogens is 1. The van der Waals surface area contributed by atoms with Crippen LogP contribution in [-0.2, 0) is 23.2 Å². The van der Waals surface area contributed by atoms with Crippen LogP contribution >= 0.6 is 11.6 Å². The van der Waals surface area contributed by atoms with E-state index in [1.807, 2.05) is 34.8 Å². The van der Waals surface area contributed by atoms with Crippen LogP contribution in [-0.4, -0.2) is 51.9 Å². The molecule has 1 aromatic carbocycles. The van der Waals surface area contributed by atoms with Gasteiger partial charge in [-0.2, -0.15) is 0 Å². The quantitative estimate of drug-likeness (QED) is 0.560. The van der Waals surface area contributed by atoms with Crippen molar-refractivity contribution in [2.24, 2.45) is 7.05 Å². The van der Waals surface area contributed by atoms with Gasteiger partial charge in [0.05, 0.1) is 6.54 Å². The summed E-state index contributed by atoms with van der Waals surface area (Å²) < 4.78 is 7.55. The SMILES string of the molecule is C=CCN(CC(=O)N(Cc1cccn1C)C1CC1)C(=O)COc1ccc(Cl)cc1. The van der Waals surface area contributed by atoms with E-state index in [0.29, 0.717) is 17.3 Å². The van der Waals surface area contributed by atoms with Crippen LogP contribution in [0.15, 0.2) is 55.3 Å². The molecule has 2 amide bonds. The summed E-state index contributed by atoms with van der Waals surface area (Å²) in [5.74, 6) is 0.231. The lowest BCUT2D eigenvalue weighted by Crippen LogP contribution is -2.45. The molecule has 0 bridgehead atoms. The molecule has 0 spiro atoms. The molecule has 1 aliphatic carbocycles. The van der Waals surface area contributed by atoms with Gasteiger partial charge in [0, 0.05) is 36.5 Å². The number of aryl methyl sites for hydroxylation is 1. The van der Waals surface area contributed by atoms with E-state index in [-0.39, 0.29) is 37.6 Å². The van der Waals surface area contributed by atoms with Crippen LogP contribution in [0.3, 0.4) is 0 Å². The summed E-state index contributed by atoms with van der Waals surface area (Å²) in [6, 6.07) is 11.0. The highest BCUT2D eigenvalue weighted by molar-refractivity contribution is 6.30. The van der Waals surface area contributed by atoms with Gasteiger partial charge in [-0.05, 0) is 49.2 Å². The Morgan fingerprint density at radius 2 is 1.97 bits per heavy atom. The first-order valence-electron chi connectivity index (χ1n) is 9.64. The van der Waals surface area contributed by atoms with E-state index < -0.39 is 0 Å². The number of hydrogen-bond donors (Lipinski definition) is 0. The number of aromatic nitrogens is 1. The minimum Gasteiger partial charge on any atom is -0.484 e. The van der Waals surface area contributed by atoms with Crippen molar-refractivity contribution >= 4 is 23.4 Å². The summed E-state index contributed by atoms with van der Waals surface area (Å²) in [5.41, 5.74) is 1.07. The van der Waals surface area contributed by atoms with Crippen molar-refractivity contribution in [2.45, 2.75) is 25.4 Å². The molecular formula is C22H26ClN3O3. The molecule has 1 saturated carbocycles. The van der Waals surface area contributed by atoms with Gasteiger partial charge in [-0.15, -0.1) is 6.58 Å². The van der Waals surface area contributed by atoms with Gasteiger partial charge in [0.25, 0.3) is 5.91 Å². The number of hydrogen-bond acceptors (Lipinski definition) is 3. The summed E-state index contributed by atoms with van der Waals surface area (Å²) in [6.45, 7) is 4.40. The van der Waals surface area contributed by atoms with Crippen molar-refractivity contribution in [3.63, 3.8) is 0 Å². The minimum absolute atomic E-state index is 0.00968. The fourth-order valence-corrected chi connectivity index (χ4v) is 3.20. The molecule has 7 heteroatoms. The summed E-state index contributed by atoms with van der Waals surface area (Å²) in [4.78, 5) is 29.0. The number of carbonyl (C=O) groups excluding carboxylic acids is 2. The average Bonchev–Trinajstić information content (AvgIpc) is 3.47. The summed E-state index contributed by atoms with van der Waals surface area (Å²) in [6.07, 6.45) is 5.59. The maximum absolute atomic E-state index is 13.0. The van der Waals surface area contributed by atoms with Crippen LogP contribution in [0.5, 0.6) is 5.75 Å². The standard InChI is InChI=1S/C22H26ClN3O3/c1-3-12-25(22(28)16-29-20-10-6-17(23)7-11-20)15-21(27)26(18-8-9-18)14-19-5-4-13-24(19)2/h3-7,10-11,13,18H,1,8-9,12,14-16H2,2H3. The Bertz CT molecular complexity index is 858. The predicted octanol–water partition coefficient (Wildman–Crippen LogP) is 3.26. The number of nitrogens with zero attached hydrogens (tertiary/aromatic N) is 3. The number of carbonyl (C=O) groups is 2. The normalized spacial score (nSPS) is 13.0. The van der Waals surface area contributed by atoms with Crippen molar-refractivity contribution in [2.75, 3.05) is 19.7 Å². The lowest BCUT2D eigenvalue weighted by molar-refractivity contribution is -0.141. The Labute approximate surface area is 176 Å². The molecule has 3 rings (SSSR count). The van der Waals surface area contributed by atoms with Gasteiger partial charge in [-0.1, -0.05) is 17.7 Å². The first kappa shape index (κ1) is 21.0. The maximum Gasteiger partial charge on any atom is 0.261 e. The second-order valence-electron chi connectivity index (χ2n) is 7.17. The molecule has 0 atom stereocenters. The zero-order chi connectivity index (χ0) is 20.8. The summed E-state index contributed by atoms with van der Waals surface area (Å²) in [5, 5.41) is 0.598. The molecule has 154 valence electrons. The van der Waals surface area contributed by atoms with Crippen molar-refractivity contribution in [3.05, 3.63) is 66.0 Å². The Morgan fingerprint density at radius 1 is 1.24 bits per heavy atom. The van der Waals surface area contributed by atoms with Crippen LogP contribution < -0.4 is 4.74 Å². The highest BCUT2D eigenvalue weighted by Gasteiger charge is 2.34. The smallest absolute Gasteiger partial charge is 0.261 e. The fourth-order valence-electron chi connectivity index (χ4n) is 3.07. The molecule has 1 fully saturated rings. The Hall–Kier alpha value is -2.73. The van der Waals surface area contributed by atoms with Gasteiger partial charge in [-0.3, -0.25) is 9.59 Å². The average molecular weight is 416 g/mol. The largest absolute Gasteiger partial charge is 0.484 e. The number of amides is 2. The third-order valence-electron chi connectivity index (χ3n) is 4.90. The number of rotatable bonds is 10. The van der Waals surface area contributed by atoms with Crippen LogP contribution in [0.2, 0.25) is 5.02 Å². The molecule has 29 heavy (non-hydrogen) atoms. The second-order valence-corrected chi connectivity index (χ2v) is 7.61. The molecule has 2 aromatic rings. The number of ether oxygens (including phenoxy) is 1. The second kappa shape index (κ2) is 9.65. The third-order valence-corrected chi connectivity index (χ3v) is 5.15. The van der Waals surface area contributed by atoms with Crippen molar-refractivity contribution in [3.8, 4) is 5.75 Å². The minimum atomic E-state index is -0.261. The van der Waals surface area contributed by atoms with Crippen molar-refractivity contribution < 1.29 is 14.3 Å². The molecule has 0 saturated heterocycles. The van der Waals surface area contributed by atoms with E-state index >= 15 is 0 Å². The topological polar surface area (TPSA) is 54.8 Å². The predicted molar refractivity (Wildman–Crippen MR) is 113 cm³/mol. The molecule has 0 radical (unpaired) electrons. The lowest BCUT2D eigenvalue weighted by Gasteiger charge is -2.27. The maximum atomic E-state index is 13.0. The summed E-state index contributed by atoms with van der Waals surface area (Å²) in [7, 11) is 1.96. The van der Waals surface area contributed by atoms with Gasteiger partial charge >= 0.3 is 0 Å². The zero-order valence-electron chi connectivity index (χ0n) is 16.6. The van der Waals surface area contributed by atoms with E-state index in [2.05, 4.69) is 6.58 Å². The Balaban J connectivity index is 1.60. The summed E-state index contributed by atoms with van der Waals surface area (Å²) >= 11 is 5.86. The Kier molecular flexibility index (Phi) is 6.99. The Morgan fingerprint density at radius 3 is 2.55 bits per heavy atom. The van der Waals surface area contributed by atoms with Crippen molar-refractivity contribution in [1.82, 2.24) is 14.4 Å². The van der Waals surface area contributed by atoms with E-state index in [0.717, 1.165) is 18.5 Å². The molecule has 0 aliphatic heterocycles.